The summed E-state index contributed by atoms with van der Waals surface area (Å²) in [5.41, 5.74) is 0. The Morgan fingerprint density at radius 1 is 1.57 bits per heavy atom. The van der Waals surface area contributed by atoms with E-state index in [4.69, 9.17) is 0 Å². The Kier molecular flexibility index (Phi) is 4.74. The van der Waals surface area contributed by atoms with Gasteiger partial charge in [0, 0.05) is 0 Å². The summed E-state index contributed by atoms with van der Waals surface area (Å²) in [6.45, 7) is 0. The van der Waals surface area contributed by atoms with Crippen LogP contribution in [0.1, 0.15) is 6.42 Å². The molecule has 0 aromatic rings. The summed E-state index contributed by atoms with van der Waals surface area (Å²) in [5.74, 6) is 1.74. The molecule has 1 heterocycles. The van der Waals surface area contributed by atoms with Crippen LogP contribution >= 0.6 is 0 Å². The van der Waals surface area contributed by atoms with E-state index in [0.29, 0.717) is 0 Å². The van der Waals surface area contributed by atoms with Crippen molar-refractivity contribution in [3.63, 3.8) is 0 Å². The molecule has 1 aliphatic rings. The molecule has 0 spiro atoms. The van der Waals surface area contributed by atoms with Gasteiger partial charge >= 0.3 is 29.6 Å². The maximum atomic E-state index is 10.3. The predicted molar refractivity (Wildman–Crippen MR) is 26.8 cm³/mol. The quantitative estimate of drug-likeness (QED) is 0.256. The number of hydrogen-bond donors (Lipinski definition) is 0. The molecule has 0 aromatic carbocycles. The molecular weight excluding hydrogens is 119 g/mol. The van der Waals surface area contributed by atoms with Crippen LogP contribution in [-0.2, 0) is 10.8 Å². The fraction of sp³-hybridized carbons (Fsp3) is 0.750. The molecule has 7 heavy (non-hydrogen) atoms. The minimum Gasteiger partial charge on any atom is -0.316 e. The Morgan fingerprint density at radius 2 is 2.29 bits per heavy atom. The maximum Gasteiger partial charge on any atom is 1.00 e. The summed E-state index contributed by atoms with van der Waals surface area (Å²) in [4.78, 5) is 0. The third-order valence-electron chi connectivity index (χ3n) is 0.853. The van der Waals surface area contributed by atoms with E-state index in [1.54, 1.807) is 0 Å². The second-order valence-electron chi connectivity index (χ2n) is 1.39. The molecule has 1 aliphatic heterocycles. The van der Waals surface area contributed by atoms with Crippen LogP contribution in [-0.4, -0.2) is 15.7 Å². The van der Waals surface area contributed by atoms with Crippen LogP contribution in [0, 0.1) is 6.42 Å². The normalized spacial score (nSPS) is 29.4. The van der Waals surface area contributed by atoms with Crippen molar-refractivity contribution in [2.45, 2.75) is 6.42 Å². The second kappa shape index (κ2) is 4.07. The largest absolute Gasteiger partial charge is 1.00 e. The van der Waals surface area contributed by atoms with Crippen molar-refractivity contribution < 1.29 is 33.8 Å². The van der Waals surface area contributed by atoms with Crippen molar-refractivity contribution in [2.24, 2.45) is 0 Å². The molecule has 0 N–H and O–H groups in total. The van der Waals surface area contributed by atoms with Gasteiger partial charge in [-0.2, -0.15) is 6.42 Å². The molecule has 1 rings (SSSR count). The van der Waals surface area contributed by atoms with Gasteiger partial charge in [0.25, 0.3) is 0 Å². The Hall–Kier alpha value is 1.15. The monoisotopic (exact) mass is 126 g/mol. The fourth-order valence-corrected chi connectivity index (χ4v) is 1.54. The van der Waals surface area contributed by atoms with E-state index in [0.717, 1.165) is 17.9 Å². The summed E-state index contributed by atoms with van der Waals surface area (Å²) in [6, 6.07) is 0. The second-order valence-corrected chi connectivity index (χ2v) is 3.01. The van der Waals surface area contributed by atoms with Crippen molar-refractivity contribution in [2.75, 3.05) is 11.5 Å². The van der Waals surface area contributed by atoms with Gasteiger partial charge in [0.1, 0.15) is 0 Å². The molecule has 0 bridgehead atoms. The topological polar surface area (TPSA) is 17.1 Å². The van der Waals surface area contributed by atoms with E-state index in [1.165, 1.54) is 0 Å². The van der Waals surface area contributed by atoms with Gasteiger partial charge in [-0.15, -0.1) is 5.75 Å². The Balaban J connectivity index is 0.000000360. The minimum atomic E-state index is -0.478. The van der Waals surface area contributed by atoms with Crippen LogP contribution < -0.4 is 29.6 Å². The van der Waals surface area contributed by atoms with E-state index in [-0.39, 0.29) is 29.6 Å². The van der Waals surface area contributed by atoms with E-state index in [2.05, 4.69) is 6.42 Å². The van der Waals surface area contributed by atoms with Gasteiger partial charge in [-0.1, -0.05) is 0 Å². The first-order valence-corrected chi connectivity index (χ1v) is 3.55. The first kappa shape index (κ1) is 8.15. The van der Waals surface area contributed by atoms with Gasteiger partial charge in [0.15, 0.2) is 0 Å². The third kappa shape index (κ3) is 2.85. The first-order valence-electron chi connectivity index (χ1n) is 2.06. The average Bonchev–Trinajstić information content (AvgIpc) is 1.86. The summed E-state index contributed by atoms with van der Waals surface area (Å²) < 4.78 is 10.3. The Labute approximate surface area is 68.6 Å². The van der Waals surface area contributed by atoms with Crippen LogP contribution in [0.2, 0.25) is 0 Å². The molecule has 3 heteroatoms. The summed E-state index contributed by atoms with van der Waals surface area (Å²) in [7, 11) is -0.478. The zero-order valence-corrected chi connectivity index (χ0v) is 7.33. The van der Waals surface area contributed by atoms with Crippen molar-refractivity contribution in [3.05, 3.63) is 6.42 Å². The zero-order chi connectivity index (χ0) is 4.41. The predicted octanol–water partition coefficient (Wildman–Crippen LogP) is -2.65. The van der Waals surface area contributed by atoms with Gasteiger partial charge < -0.3 is 6.42 Å². The molecule has 0 aliphatic carbocycles. The van der Waals surface area contributed by atoms with Crippen molar-refractivity contribution in [1.29, 1.82) is 0 Å². The molecule has 0 amide bonds. The average molecular weight is 126 g/mol. The third-order valence-corrected chi connectivity index (χ3v) is 2.15. The fourth-order valence-electron chi connectivity index (χ4n) is 0.513. The summed E-state index contributed by atoms with van der Waals surface area (Å²) in [5, 5.41) is 0. The van der Waals surface area contributed by atoms with Gasteiger partial charge in [0.2, 0.25) is 0 Å². The summed E-state index contributed by atoms with van der Waals surface area (Å²) in [6.07, 6.45) is 3.14. The van der Waals surface area contributed by atoms with Gasteiger partial charge in [0.05, 0.1) is 0 Å². The standard InChI is InChI=1S/C4H7OS.Na/c5-6-3-1-2-4-6;/h1H,2-4H2;/q-1;+1/t6-;/m0./s1. The van der Waals surface area contributed by atoms with E-state index in [1.807, 2.05) is 0 Å². The molecule has 1 nitrogen and oxygen atoms in total. The van der Waals surface area contributed by atoms with Crippen molar-refractivity contribution >= 4 is 10.8 Å². The van der Waals surface area contributed by atoms with E-state index in [9.17, 15) is 4.21 Å². The molecule has 1 saturated heterocycles. The SMILES string of the molecule is O=[S@]1C[CH-]CC1.[Na+]. The minimum absolute atomic E-state index is 0. The van der Waals surface area contributed by atoms with Gasteiger partial charge in [-0.05, 0) is 16.6 Å². The van der Waals surface area contributed by atoms with Crippen LogP contribution in [0.25, 0.3) is 0 Å². The molecule has 36 valence electrons. The van der Waals surface area contributed by atoms with Crippen LogP contribution in [0.15, 0.2) is 0 Å². The molecule has 0 saturated carbocycles. The number of rotatable bonds is 0. The first-order chi connectivity index (χ1) is 2.89. The number of hydrogen-bond acceptors (Lipinski definition) is 1. The van der Waals surface area contributed by atoms with Crippen LogP contribution in [0.4, 0.5) is 0 Å². The molecule has 1 fully saturated rings. The van der Waals surface area contributed by atoms with E-state index >= 15 is 0 Å². The van der Waals surface area contributed by atoms with Crippen molar-refractivity contribution in [3.8, 4) is 0 Å². The van der Waals surface area contributed by atoms with Crippen LogP contribution in [0.3, 0.4) is 0 Å². The Bertz CT molecular complexity index is 66.1. The Morgan fingerprint density at radius 3 is 2.43 bits per heavy atom. The maximum absolute atomic E-state index is 10.3. The van der Waals surface area contributed by atoms with Crippen LogP contribution in [0.5, 0.6) is 0 Å². The smallest absolute Gasteiger partial charge is 0.316 e. The zero-order valence-electron chi connectivity index (χ0n) is 4.52. The van der Waals surface area contributed by atoms with Crippen molar-refractivity contribution in [1.82, 2.24) is 0 Å². The van der Waals surface area contributed by atoms with Gasteiger partial charge in [-0.25, -0.2) is 0 Å². The molecule has 1 atom stereocenters. The molecule has 0 unspecified atom stereocenters. The van der Waals surface area contributed by atoms with E-state index < -0.39 is 10.8 Å². The molecular formula is C4H7NaOS. The summed E-state index contributed by atoms with van der Waals surface area (Å²) >= 11 is 0. The molecule has 0 radical (unpaired) electrons. The molecule has 0 aromatic heterocycles. The van der Waals surface area contributed by atoms with Gasteiger partial charge in [-0.3, -0.25) is 4.21 Å².